The smallest absolute Gasteiger partial charge is 0.434 e. The van der Waals surface area contributed by atoms with E-state index in [2.05, 4.69) is 9.72 Å². The van der Waals surface area contributed by atoms with Gasteiger partial charge < -0.3 is 14.5 Å². The van der Waals surface area contributed by atoms with Gasteiger partial charge in [-0.2, -0.15) is 18.4 Å². The van der Waals surface area contributed by atoms with Crippen LogP contribution in [0.3, 0.4) is 0 Å². The third-order valence-electron chi connectivity index (χ3n) is 5.10. The number of anilines is 1. The lowest BCUT2D eigenvalue weighted by Crippen LogP contribution is -2.53. The van der Waals surface area contributed by atoms with Crippen molar-refractivity contribution in [1.82, 2.24) is 14.6 Å². The van der Waals surface area contributed by atoms with Gasteiger partial charge in [0.25, 0.3) is 10.0 Å². The van der Waals surface area contributed by atoms with Crippen LogP contribution in [0.2, 0.25) is 5.02 Å². The van der Waals surface area contributed by atoms with Crippen LogP contribution < -0.4 is 9.62 Å². The predicted octanol–water partition coefficient (Wildman–Crippen LogP) is 3.02. The molecular weight excluding hydrogens is 527 g/mol. The molecule has 0 bridgehead atoms. The van der Waals surface area contributed by atoms with Crippen LogP contribution >= 0.6 is 11.6 Å². The Kier molecular flexibility index (Phi) is 7.95. The lowest BCUT2D eigenvalue weighted by Gasteiger charge is -2.35. The lowest BCUT2D eigenvalue weighted by atomic mass is 10.1. The summed E-state index contributed by atoms with van der Waals surface area (Å²) in [5, 5.41) is 9.78. The number of nitrogens with one attached hydrogen (secondary N) is 1. The number of carbonyl (C=O) groups is 2. The van der Waals surface area contributed by atoms with Crippen LogP contribution in [0.1, 0.15) is 28.5 Å². The average Bonchev–Trinajstić information content (AvgIpc) is 2.83. The van der Waals surface area contributed by atoms with Crippen LogP contribution in [0.25, 0.3) is 0 Å². The van der Waals surface area contributed by atoms with Gasteiger partial charge in [0.1, 0.15) is 11.9 Å². The fraction of sp³-hybridized carbons (Fsp3) is 0.333. The molecule has 1 aromatic carbocycles. The number of hydrogen-bond acceptors (Lipinski definition) is 8. The molecule has 0 aliphatic carbocycles. The van der Waals surface area contributed by atoms with Gasteiger partial charge in [0.05, 0.1) is 22.6 Å². The quantitative estimate of drug-likeness (QED) is 0.567. The molecule has 1 aliphatic rings. The molecule has 0 saturated carbocycles. The van der Waals surface area contributed by atoms with Gasteiger partial charge >= 0.3 is 18.2 Å². The fourth-order valence-corrected chi connectivity index (χ4v) is 4.48. The standard InChI is InChI=1S/C21H19ClF3N5O5S/c1-2-35-19(31)16-11-13(12-26)18(27-17(16)21(23,24)25)29-7-9-30(10-8-29)20(32)28-36(33,34)15-5-3-14(22)4-6-15/h3-6,11H,2,7-10H2,1H3,(H,28,32). The number of nitrogens with zero attached hydrogens (tertiary/aromatic N) is 4. The Labute approximate surface area is 209 Å². The maximum absolute atomic E-state index is 13.6. The van der Waals surface area contributed by atoms with Crippen LogP contribution in [0.4, 0.5) is 23.8 Å². The highest BCUT2D eigenvalue weighted by Gasteiger charge is 2.40. The van der Waals surface area contributed by atoms with Crippen LogP contribution in [0, 0.1) is 11.3 Å². The summed E-state index contributed by atoms with van der Waals surface area (Å²) in [6, 6.07) is 6.74. The maximum atomic E-state index is 13.6. The summed E-state index contributed by atoms with van der Waals surface area (Å²) < 4.78 is 72.3. The van der Waals surface area contributed by atoms with Crippen LogP contribution in [-0.4, -0.2) is 63.1 Å². The predicted molar refractivity (Wildman–Crippen MR) is 121 cm³/mol. The van der Waals surface area contributed by atoms with Crippen molar-refractivity contribution in [3.63, 3.8) is 0 Å². The van der Waals surface area contributed by atoms with E-state index in [4.69, 9.17) is 11.6 Å². The molecule has 1 saturated heterocycles. The number of ether oxygens (including phenoxy) is 1. The Balaban J connectivity index is 1.78. The van der Waals surface area contributed by atoms with Crippen molar-refractivity contribution in [3.8, 4) is 6.07 Å². The molecule has 2 amide bonds. The number of halogens is 4. The minimum Gasteiger partial charge on any atom is -0.462 e. The SMILES string of the molecule is CCOC(=O)c1cc(C#N)c(N2CCN(C(=O)NS(=O)(=O)c3ccc(Cl)cc3)CC2)nc1C(F)(F)F. The molecule has 15 heteroatoms. The average molecular weight is 546 g/mol. The van der Waals surface area contributed by atoms with Crippen LogP contribution in [-0.2, 0) is 20.9 Å². The number of hydrogen-bond donors (Lipinski definition) is 1. The van der Waals surface area contributed by atoms with Crippen LogP contribution in [0.15, 0.2) is 35.2 Å². The highest BCUT2D eigenvalue weighted by Crippen LogP contribution is 2.34. The van der Waals surface area contributed by atoms with Gasteiger partial charge in [0, 0.05) is 31.2 Å². The van der Waals surface area contributed by atoms with Gasteiger partial charge in [-0.3, -0.25) is 0 Å². The summed E-state index contributed by atoms with van der Waals surface area (Å²) in [4.78, 5) is 30.4. The van der Waals surface area contributed by atoms with Crippen LogP contribution in [0.5, 0.6) is 0 Å². The number of nitriles is 1. The van der Waals surface area contributed by atoms with E-state index in [0.29, 0.717) is 5.02 Å². The van der Waals surface area contributed by atoms with Gasteiger partial charge in [0.2, 0.25) is 0 Å². The molecule has 192 valence electrons. The molecule has 2 heterocycles. The molecule has 0 unspecified atom stereocenters. The molecule has 10 nitrogen and oxygen atoms in total. The topological polar surface area (TPSA) is 133 Å². The lowest BCUT2D eigenvalue weighted by molar-refractivity contribution is -0.141. The summed E-state index contributed by atoms with van der Waals surface area (Å²) >= 11 is 5.74. The minimum atomic E-state index is -5.00. The van der Waals surface area contributed by atoms with E-state index in [-0.39, 0.29) is 49.1 Å². The number of benzene rings is 1. The Morgan fingerprint density at radius 3 is 2.33 bits per heavy atom. The number of urea groups is 1. The highest BCUT2D eigenvalue weighted by atomic mass is 35.5. The monoisotopic (exact) mass is 545 g/mol. The first-order chi connectivity index (χ1) is 16.9. The molecule has 0 radical (unpaired) electrons. The number of carbonyl (C=O) groups excluding carboxylic acids is 2. The second-order valence-corrected chi connectivity index (χ2v) is 9.54. The summed E-state index contributed by atoms with van der Waals surface area (Å²) in [5.41, 5.74) is -2.66. The molecule has 1 aromatic heterocycles. The highest BCUT2D eigenvalue weighted by molar-refractivity contribution is 7.90. The zero-order chi connectivity index (χ0) is 26.7. The number of sulfonamides is 1. The molecule has 0 spiro atoms. The van der Waals surface area contributed by atoms with Crippen molar-refractivity contribution in [1.29, 1.82) is 5.26 Å². The minimum absolute atomic E-state index is 0.0495. The largest absolute Gasteiger partial charge is 0.462 e. The first-order valence-electron chi connectivity index (χ1n) is 10.4. The summed E-state index contributed by atoms with van der Waals surface area (Å²) in [7, 11) is -4.18. The molecule has 1 N–H and O–H groups in total. The number of pyridine rings is 1. The summed E-state index contributed by atoms with van der Waals surface area (Å²) in [6.45, 7) is 1.01. The van der Waals surface area contributed by atoms with Gasteiger partial charge in [-0.05, 0) is 37.3 Å². The molecule has 36 heavy (non-hydrogen) atoms. The van der Waals surface area contributed by atoms with Gasteiger partial charge in [-0.1, -0.05) is 11.6 Å². The van der Waals surface area contributed by atoms with Crippen molar-refractivity contribution in [2.45, 2.75) is 18.0 Å². The molecule has 1 aliphatic heterocycles. The Morgan fingerprint density at radius 1 is 1.19 bits per heavy atom. The van der Waals surface area contributed by atoms with Gasteiger partial charge in [-0.25, -0.2) is 27.7 Å². The number of alkyl halides is 3. The van der Waals surface area contributed by atoms with Crippen molar-refractivity contribution >= 4 is 39.4 Å². The molecule has 3 rings (SSSR count). The van der Waals surface area contributed by atoms with Crippen molar-refractivity contribution in [3.05, 3.63) is 52.2 Å². The van der Waals surface area contributed by atoms with Crippen molar-refractivity contribution in [2.75, 3.05) is 37.7 Å². The van der Waals surface area contributed by atoms with E-state index in [0.717, 1.165) is 11.0 Å². The normalized spacial score (nSPS) is 14.2. The Morgan fingerprint density at radius 2 is 1.81 bits per heavy atom. The number of aromatic nitrogens is 1. The molecule has 0 atom stereocenters. The van der Waals surface area contributed by atoms with Gasteiger partial charge in [-0.15, -0.1) is 0 Å². The summed E-state index contributed by atoms with van der Waals surface area (Å²) in [6.07, 6.45) is -5.00. The Bertz CT molecular complexity index is 1300. The summed E-state index contributed by atoms with van der Waals surface area (Å²) in [5.74, 6) is -1.57. The second kappa shape index (κ2) is 10.6. The molecule has 2 aromatic rings. The van der Waals surface area contributed by atoms with E-state index < -0.39 is 39.5 Å². The van der Waals surface area contributed by atoms with E-state index in [1.54, 1.807) is 6.07 Å². The Hall–Kier alpha value is -3.57. The molecular formula is C21H19ClF3N5O5S. The van der Waals surface area contributed by atoms with E-state index in [1.165, 1.54) is 36.1 Å². The first-order valence-corrected chi connectivity index (χ1v) is 12.2. The van der Waals surface area contributed by atoms with E-state index in [1.807, 2.05) is 4.72 Å². The van der Waals surface area contributed by atoms with E-state index in [9.17, 15) is 36.4 Å². The molecule has 1 fully saturated rings. The van der Waals surface area contributed by atoms with Gasteiger partial charge in [0.15, 0.2) is 5.69 Å². The fourth-order valence-electron chi connectivity index (χ4n) is 3.38. The second-order valence-electron chi connectivity index (χ2n) is 7.42. The van der Waals surface area contributed by atoms with Crippen molar-refractivity contribution in [2.24, 2.45) is 0 Å². The number of piperazine rings is 1. The van der Waals surface area contributed by atoms with E-state index >= 15 is 0 Å². The number of amides is 2. The third-order valence-corrected chi connectivity index (χ3v) is 6.69. The third kappa shape index (κ3) is 5.97. The zero-order valence-electron chi connectivity index (χ0n) is 18.7. The number of rotatable bonds is 5. The zero-order valence-corrected chi connectivity index (χ0v) is 20.2. The number of esters is 1. The maximum Gasteiger partial charge on any atom is 0.434 e. The van der Waals surface area contributed by atoms with Crippen molar-refractivity contribution < 1.29 is 35.9 Å². The first kappa shape index (κ1) is 27.0.